The van der Waals surface area contributed by atoms with Gasteiger partial charge in [0, 0.05) is 19.3 Å². The summed E-state index contributed by atoms with van der Waals surface area (Å²) in [5.74, 6) is -0.491. The molecule has 116 valence electrons. The number of pyridine rings is 1. The Morgan fingerprint density at radius 1 is 1.36 bits per heavy atom. The predicted molar refractivity (Wildman–Crippen MR) is 80.0 cm³/mol. The van der Waals surface area contributed by atoms with Crippen LogP contribution in [0.1, 0.15) is 28.2 Å². The Bertz CT molecular complexity index is 716. The molecule has 0 spiro atoms. The third kappa shape index (κ3) is 2.77. The lowest BCUT2D eigenvalue weighted by molar-refractivity contribution is 0.0696. The summed E-state index contributed by atoms with van der Waals surface area (Å²) in [5.41, 5.74) is 1.68. The third-order valence-electron chi connectivity index (χ3n) is 3.59. The van der Waals surface area contributed by atoms with Gasteiger partial charge in [-0.2, -0.15) is 5.10 Å². The summed E-state index contributed by atoms with van der Waals surface area (Å²) in [5, 5.41) is 22.8. The lowest BCUT2D eigenvalue weighted by atomic mass is 10.2. The topological polar surface area (TPSA) is 91.5 Å². The molecule has 0 amide bonds. The number of carboxylic acid groups (broad SMARTS) is 1. The number of aliphatic hydroxyl groups is 1. The number of halogens is 1. The maximum Gasteiger partial charge on any atom is 0.337 e. The van der Waals surface area contributed by atoms with Gasteiger partial charge in [0.2, 0.25) is 0 Å². The molecule has 1 aliphatic rings. The van der Waals surface area contributed by atoms with Crippen LogP contribution in [-0.4, -0.2) is 37.5 Å². The fraction of sp³-hybridized carbons (Fsp3) is 0.357. The Morgan fingerprint density at radius 3 is 2.86 bits per heavy atom. The Kier molecular flexibility index (Phi) is 4.00. The molecule has 3 rings (SSSR count). The van der Waals surface area contributed by atoms with Gasteiger partial charge in [0.25, 0.3) is 0 Å². The summed E-state index contributed by atoms with van der Waals surface area (Å²) in [4.78, 5) is 17.1. The van der Waals surface area contributed by atoms with E-state index < -0.39 is 5.97 Å². The predicted octanol–water partition coefficient (Wildman–Crippen LogP) is 1.53. The average Bonchev–Trinajstić information content (AvgIpc) is 2.78. The summed E-state index contributed by atoms with van der Waals surface area (Å²) in [6.45, 7) is 1.98. The molecule has 0 bridgehead atoms. The van der Waals surface area contributed by atoms with Crippen molar-refractivity contribution in [2.24, 2.45) is 0 Å². The fourth-order valence-electron chi connectivity index (χ4n) is 2.56. The van der Waals surface area contributed by atoms with Gasteiger partial charge in [0.05, 0.1) is 35.1 Å². The Labute approximate surface area is 131 Å². The molecule has 7 nitrogen and oxygen atoms in total. The van der Waals surface area contributed by atoms with E-state index in [4.69, 9.17) is 16.7 Å². The van der Waals surface area contributed by atoms with Crippen LogP contribution in [0.5, 0.6) is 0 Å². The minimum absolute atomic E-state index is 0.0659. The summed E-state index contributed by atoms with van der Waals surface area (Å²) >= 11 is 6.19. The first-order valence-corrected chi connectivity index (χ1v) is 7.26. The fourth-order valence-corrected chi connectivity index (χ4v) is 2.85. The van der Waals surface area contributed by atoms with Crippen molar-refractivity contribution in [3.63, 3.8) is 0 Å². The summed E-state index contributed by atoms with van der Waals surface area (Å²) in [6, 6.07) is 3.27. The molecule has 0 saturated carbocycles. The molecular weight excluding hydrogens is 308 g/mol. The van der Waals surface area contributed by atoms with Crippen molar-refractivity contribution in [2.75, 3.05) is 11.4 Å². The standard InChI is InChI=1S/C14H15ClN4O3/c15-12-4-9(14(21)22)6-16-13(12)18-2-1-3-19-11(7-18)5-10(8-20)17-19/h4-6,20H,1-3,7-8H2,(H,21,22). The van der Waals surface area contributed by atoms with Crippen molar-refractivity contribution >= 4 is 23.4 Å². The van der Waals surface area contributed by atoms with Crippen molar-refractivity contribution in [3.8, 4) is 0 Å². The van der Waals surface area contributed by atoms with Crippen molar-refractivity contribution in [3.05, 3.63) is 40.3 Å². The van der Waals surface area contributed by atoms with Crippen molar-refractivity contribution < 1.29 is 15.0 Å². The monoisotopic (exact) mass is 322 g/mol. The Balaban J connectivity index is 1.90. The molecule has 0 saturated heterocycles. The molecule has 0 unspecified atom stereocenters. The number of nitrogens with zero attached hydrogens (tertiary/aromatic N) is 4. The van der Waals surface area contributed by atoms with Crippen LogP contribution >= 0.6 is 11.6 Å². The van der Waals surface area contributed by atoms with Gasteiger partial charge in [0.15, 0.2) is 0 Å². The first-order valence-electron chi connectivity index (χ1n) is 6.88. The molecular formula is C14H15ClN4O3. The van der Waals surface area contributed by atoms with Crippen LogP contribution in [0.2, 0.25) is 5.02 Å². The average molecular weight is 323 g/mol. The molecule has 2 N–H and O–H groups in total. The van der Waals surface area contributed by atoms with Crippen LogP contribution in [0.25, 0.3) is 0 Å². The van der Waals surface area contributed by atoms with Gasteiger partial charge >= 0.3 is 5.97 Å². The number of aromatic nitrogens is 3. The van der Waals surface area contributed by atoms with Crippen molar-refractivity contribution in [1.29, 1.82) is 0 Å². The quantitative estimate of drug-likeness (QED) is 0.890. The van der Waals surface area contributed by atoms with Crippen LogP contribution in [0.3, 0.4) is 0 Å². The molecule has 3 heterocycles. The van der Waals surface area contributed by atoms with E-state index in [1.54, 1.807) is 0 Å². The number of hydrogen-bond acceptors (Lipinski definition) is 5. The van der Waals surface area contributed by atoms with Crippen LogP contribution in [0.4, 0.5) is 5.82 Å². The van der Waals surface area contributed by atoms with Crippen LogP contribution in [0.15, 0.2) is 18.3 Å². The van der Waals surface area contributed by atoms with E-state index in [0.717, 1.165) is 25.2 Å². The van der Waals surface area contributed by atoms with Crippen LogP contribution < -0.4 is 4.90 Å². The van der Waals surface area contributed by atoms with Gasteiger partial charge in [-0.25, -0.2) is 9.78 Å². The van der Waals surface area contributed by atoms with Crippen LogP contribution in [-0.2, 0) is 19.7 Å². The van der Waals surface area contributed by atoms with Gasteiger partial charge in [-0.1, -0.05) is 11.6 Å². The number of carboxylic acids is 1. The first kappa shape index (κ1) is 14.8. The van der Waals surface area contributed by atoms with Crippen molar-refractivity contribution in [1.82, 2.24) is 14.8 Å². The van der Waals surface area contributed by atoms with Gasteiger partial charge in [0.1, 0.15) is 5.82 Å². The minimum Gasteiger partial charge on any atom is -0.478 e. The molecule has 22 heavy (non-hydrogen) atoms. The molecule has 2 aromatic heterocycles. The molecule has 0 radical (unpaired) electrons. The Morgan fingerprint density at radius 2 is 2.18 bits per heavy atom. The number of aromatic carboxylic acids is 1. The number of rotatable bonds is 3. The third-order valence-corrected chi connectivity index (χ3v) is 3.87. The molecule has 8 heteroatoms. The second kappa shape index (κ2) is 5.94. The van der Waals surface area contributed by atoms with Gasteiger partial charge in [-0.3, -0.25) is 4.68 Å². The summed E-state index contributed by atoms with van der Waals surface area (Å²) < 4.78 is 1.88. The largest absolute Gasteiger partial charge is 0.478 e. The van der Waals surface area contributed by atoms with E-state index in [9.17, 15) is 9.90 Å². The van der Waals surface area contributed by atoms with E-state index in [1.807, 2.05) is 15.6 Å². The van der Waals surface area contributed by atoms with E-state index in [0.29, 0.717) is 23.1 Å². The summed E-state index contributed by atoms with van der Waals surface area (Å²) in [7, 11) is 0. The molecule has 2 aromatic rings. The Hall–Kier alpha value is -2.12. The second-order valence-electron chi connectivity index (χ2n) is 5.12. The van der Waals surface area contributed by atoms with Gasteiger partial charge < -0.3 is 15.1 Å². The minimum atomic E-state index is -1.05. The maximum atomic E-state index is 10.9. The number of aliphatic hydroxyl groups excluding tert-OH is 1. The lowest BCUT2D eigenvalue weighted by Crippen LogP contribution is -2.24. The molecule has 0 aromatic carbocycles. The van der Waals surface area contributed by atoms with Gasteiger partial charge in [-0.15, -0.1) is 0 Å². The smallest absolute Gasteiger partial charge is 0.337 e. The SMILES string of the molecule is O=C(O)c1cnc(N2CCCn3nc(CO)cc3C2)c(Cl)c1. The first-order chi connectivity index (χ1) is 10.6. The van der Waals surface area contributed by atoms with Gasteiger partial charge in [-0.05, 0) is 18.6 Å². The highest BCUT2D eigenvalue weighted by Gasteiger charge is 2.20. The highest BCUT2D eigenvalue weighted by Crippen LogP contribution is 2.27. The zero-order chi connectivity index (χ0) is 15.7. The summed E-state index contributed by atoms with van der Waals surface area (Å²) in [6.07, 6.45) is 2.17. The molecule has 0 atom stereocenters. The molecule has 0 aliphatic carbocycles. The number of fused-ring (bicyclic) bond motifs is 1. The van der Waals surface area contributed by atoms with Crippen molar-refractivity contribution in [2.45, 2.75) is 26.1 Å². The normalized spacial score (nSPS) is 14.5. The number of anilines is 1. The molecule has 1 aliphatic heterocycles. The zero-order valence-electron chi connectivity index (χ0n) is 11.7. The number of hydrogen-bond donors (Lipinski definition) is 2. The highest BCUT2D eigenvalue weighted by molar-refractivity contribution is 6.33. The van der Waals surface area contributed by atoms with E-state index in [1.165, 1.54) is 12.3 Å². The van der Waals surface area contributed by atoms with E-state index >= 15 is 0 Å². The molecule has 0 fully saturated rings. The van der Waals surface area contributed by atoms with E-state index in [2.05, 4.69) is 10.1 Å². The lowest BCUT2D eigenvalue weighted by Gasteiger charge is -2.22. The highest BCUT2D eigenvalue weighted by atomic mass is 35.5. The van der Waals surface area contributed by atoms with Crippen LogP contribution in [0, 0.1) is 0 Å². The second-order valence-corrected chi connectivity index (χ2v) is 5.53. The van der Waals surface area contributed by atoms with E-state index in [-0.39, 0.29) is 12.2 Å². The zero-order valence-corrected chi connectivity index (χ0v) is 12.5. The maximum absolute atomic E-state index is 10.9. The number of carbonyl (C=O) groups is 1. The number of aryl methyl sites for hydroxylation is 1.